The van der Waals surface area contributed by atoms with Crippen molar-refractivity contribution in [3.05, 3.63) is 100.0 Å². The summed E-state index contributed by atoms with van der Waals surface area (Å²) in [4.78, 5) is 33.2. The third-order valence-corrected chi connectivity index (χ3v) is 7.45. The van der Waals surface area contributed by atoms with Crippen molar-refractivity contribution in [2.75, 3.05) is 32.8 Å². The summed E-state index contributed by atoms with van der Waals surface area (Å²) in [5.74, 6) is -0.205. The molecule has 3 aromatic carbocycles. The number of ether oxygens (including phenoxy) is 1. The molecule has 1 aliphatic rings. The van der Waals surface area contributed by atoms with E-state index in [-0.39, 0.29) is 17.5 Å². The highest BCUT2D eigenvalue weighted by atomic mass is 16.5. The van der Waals surface area contributed by atoms with Crippen LogP contribution >= 0.6 is 0 Å². The van der Waals surface area contributed by atoms with Crippen molar-refractivity contribution in [3.63, 3.8) is 0 Å². The predicted octanol–water partition coefficient (Wildman–Crippen LogP) is 4.43. The molecule has 196 valence electrons. The Kier molecular flexibility index (Phi) is 7.67. The quantitative estimate of drug-likeness (QED) is 0.398. The average Bonchev–Trinajstić information content (AvgIpc) is 2.94. The summed E-state index contributed by atoms with van der Waals surface area (Å²) in [6.07, 6.45) is 1.30. The average molecular weight is 511 g/mol. The Bertz CT molecular complexity index is 1480. The summed E-state index contributed by atoms with van der Waals surface area (Å²) in [7, 11) is 0. The number of carbonyl (C=O) groups is 1. The number of aryl methyl sites for hydroxylation is 2. The summed E-state index contributed by atoms with van der Waals surface area (Å²) in [5, 5.41) is 3.25. The lowest BCUT2D eigenvalue weighted by Gasteiger charge is -2.32. The first-order valence-corrected chi connectivity index (χ1v) is 13.1. The van der Waals surface area contributed by atoms with Crippen LogP contribution in [0.1, 0.15) is 35.7 Å². The van der Waals surface area contributed by atoms with Gasteiger partial charge in [0.2, 0.25) is 5.91 Å². The number of fused-ring (bicyclic) bond motifs is 1. The Hall–Kier alpha value is -3.81. The Morgan fingerprint density at radius 1 is 0.974 bits per heavy atom. The minimum Gasteiger partial charge on any atom is -0.379 e. The number of nitrogens with zero attached hydrogens (tertiary/aromatic N) is 3. The van der Waals surface area contributed by atoms with Crippen molar-refractivity contribution in [3.8, 4) is 11.1 Å². The van der Waals surface area contributed by atoms with Crippen LogP contribution in [0.25, 0.3) is 22.2 Å². The molecule has 38 heavy (non-hydrogen) atoms. The van der Waals surface area contributed by atoms with Crippen molar-refractivity contribution < 1.29 is 9.53 Å². The fraction of sp³-hybridized carbons (Fsp3) is 0.323. The molecule has 0 bridgehead atoms. The first-order valence-electron chi connectivity index (χ1n) is 13.1. The standard InChI is InChI=1S/C31H34N4O3/c1-21-17-27-29(18-22(21)2)35(30(36)19-32-27)23(3)31(37)33-28(20-34-13-15-38-16-14-34)26-11-9-25(10-12-26)24-7-5-4-6-8-24/h4-12,17-19,23,28H,13-16,20H2,1-3H3,(H,33,37). The van der Waals surface area contributed by atoms with Gasteiger partial charge in [-0.1, -0.05) is 54.6 Å². The zero-order chi connectivity index (χ0) is 26.6. The summed E-state index contributed by atoms with van der Waals surface area (Å²) < 4.78 is 7.08. The highest BCUT2D eigenvalue weighted by molar-refractivity contribution is 5.84. The third kappa shape index (κ3) is 5.54. The number of carbonyl (C=O) groups excluding carboxylic acids is 1. The van der Waals surface area contributed by atoms with Gasteiger partial charge in [-0.2, -0.15) is 0 Å². The fourth-order valence-electron chi connectivity index (χ4n) is 5.01. The minimum atomic E-state index is -0.703. The van der Waals surface area contributed by atoms with Crippen molar-refractivity contribution in [1.82, 2.24) is 19.8 Å². The van der Waals surface area contributed by atoms with E-state index >= 15 is 0 Å². The molecule has 7 heteroatoms. The van der Waals surface area contributed by atoms with Crippen LogP contribution in [0.4, 0.5) is 0 Å². The molecule has 1 aromatic heterocycles. The monoisotopic (exact) mass is 510 g/mol. The van der Waals surface area contributed by atoms with Crippen molar-refractivity contribution >= 4 is 16.9 Å². The van der Waals surface area contributed by atoms with E-state index in [0.717, 1.165) is 40.9 Å². The van der Waals surface area contributed by atoms with Crippen LogP contribution in [-0.2, 0) is 9.53 Å². The van der Waals surface area contributed by atoms with Gasteiger partial charge in [-0.15, -0.1) is 0 Å². The molecule has 7 nitrogen and oxygen atoms in total. The van der Waals surface area contributed by atoms with E-state index in [1.165, 1.54) is 6.20 Å². The molecule has 2 heterocycles. The number of amides is 1. The Morgan fingerprint density at radius 3 is 2.34 bits per heavy atom. The van der Waals surface area contributed by atoms with Crippen LogP contribution in [0.2, 0.25) is 0 Å². The van der Waals surface area contributed by atoms with E-state index in [4.69, 9.17) is 4.74 Å². The molecular weight excluding hydrogens is 476 g/mol. The van der Waals surface area contributed by atoms with Gasteiger partial charge in [0.1, 0.15) is 6.04 Å². The number of hydrogen-bond donors (Lipinski definition) is 1. The molecule has 2 unspecified atom stereocenters. The number of aromatic nitrogens is 2. The molecule has 4 aromatic rings. The molecule has 1 amide bonds. The largest absolute Gasteiger partial charge is 0.379 e. The van der Waals surface area contributed by atoms with Crippen LogP contribution in [-0.4, -0.2) is 53.2 Å². The molecule has 0 spiro atoms. The van der Waals surface area contributed by atoms with Crippen molar-refractivity contribution in [2.45, 2.75) is 32.9 Å². The maximum Gasteiger partial charge on any atom is 0.270 e. The molecular formula is C31H34N4O3. The van der Waals surface area contributed by atoms with E-state index in [1.807, 2.05) is 44.2 Å². The molecule has 0 saturated carbocycles. The number of nitrogens with one attached hydrogen (secondary N) is 1. The van der Waals surface area contributed by atoms with Crippen molar-refractivity contribution in [2.24, 2.45) is 0 Å². The minimum absolute atomic E-state index is 0.205. The van der Waals surface area contributed by atoms with Gasteiger partial charge < -0.3 is 10.1 Å². The highest BCUT2D eigenvalue weighted by Crippen LogP contribution is 2.24. The first kappa shape index (κ1) is 25.8. The zero-order valence-electron chi connectivity index (χ0n) is 22.2. The Morgan fingerprint density at radius 2 is 1.63 bits per heavy atom. The summed E-state index contributed by atoms with van der Waals surface area (Å²) in [6.45, 7) is 9.45. The number of morpholine rings is 1. The summed E-state index contributed by atoms with van der Waals surface area (Å²) in [5.41, 5.74) is 6.52. The van der Waals surface area contributed by atoms with Crippen LogP contribution < -0.4 is 10.9 Å². The van der Waals surface area contributed by atoms with E-state index in [9.17, 15) is 9.59 Å². The normalized spacial score (nSPS) is 15.8. The van der Waals surface area contributed by atoms with E-state index in [0.29, 0.717) is 30.8 Å². The zero-order valence-corrected chi connectivity index (χ0v) is 22.2. The number of hydrogen-bond acceptors (Lipinski definition) is 5. The Labute approximate surface area is 223 Å². The van der Waals surface area contributed by atoms with Crippen LogP contribution in [0.3, 0.4) is 0 Å². The Balaban J connectivity index is 1.43. The van der Waals surface area contributed by atoms with Gasteiger partial charge in [0.05, 0.1) is 36.5 Å². The molecule has 1 aliphatic heterocycles. The number of rotatable bonds is 7. The molecule has 2 atom stereocenters. The highest BCUT2D eigenvalue weighted by Gasteiger charge is 2.25. The van der Waals surface area contributed by atoms with Gasteiger partial charge in [0, 0.05) is 19.6 Å². The van der Waals surface area contributed by atoms with E-state index in [1.54, 1.807) is 11.5 Å². The van der Waals surface area contributed by atoms with Gasteiger partial charge in [-0.3, -0.25) is 19.1 Å². The summed E-state index contributed by atoms with van der Waals surface area (Å²) in [6, 6.07) is 21.6. The first-order chi connectivity index (χ1) is 18.4. The van der Waals surface area contributed by atoms with Crippen LogP contribution in [0.15, 0.2) is 77.7 Å². The van der Waals surface area contributed by atoms with Gasteiger partial charge in [-0.05, 0) is 60.7 Å². The molecule has 0 radical (unpaired) electrons. The molecule has 5 rings (SSSR count). The molecule has 0 aliphatic carbocycles. The second kappa shape index (κ2) is 11.3. The van der Waals surface area contributed by atoms with E-state index in [2.05, 4.69) is 51.6 Å². The van der Waals surface area contributed by atoms with Gasteiger partial charge >= 0.3 is 0 Å². The smallest absolute Gasteiger partial charge is 0.270 e. The maximum atomic E-state index is 13.7. The lowest BCUT2D eigenvalue weighted by molar-refractivity contribution is -0.124. The second-order valence-corrected chi connectivity index (χ2v) is 10.0. The van der Waals surface area contributed by atoms with E-state index < -0.39 is 6.04 Å². The van der Waals surface area contributed by atoms with Gasteiger partial charge in [0.25, 0.3) is 5.56 Å². The molecule has 1 saturated heterocycles. The topological polar surface area (TPSA) is 76.5 Å². The predicted molar refractivity (Wildman–Crippen MR) is 150 cm³/mol. The lowest BCUT2D eigenvalue weighted by atomic mass is 10.00. The summed E-state index contributed by atoms with van der Waals surface area (Å²) >= 11 is 0. The number of benzene rings is 3. The SMILES string of the molecule is Cc1cc2ncc(=O)n(C(C)C(=O)NC(CN3CCOCC3)c3ccc(-c4ccccc4)cc3)c2cc1C. The lowest BCUT2D eigenvalue weighted by Crippen LogP contribution is -2.45. The van der Waals surface area contributed by atoms with Gasteiger partial charge in [0.15, 0.2) is 0 Å². The molecule has 1 N–H and O–H groups in total. The molecule has 1 fully saturated rings. The van der Waals surface area contributed by atoms with Crippen molar-refractivity contribution in [1.29, 1.82) is 0 Å². The van der Waals surface area contributed by atoms with Gasteiger partial charge in [-0.25, -0.2) is 4.98 Å². The third-order valence-electron chi connectivity index (χ3n) is 7.45. The maximum absolute atomic E-state index is 13.7. The second-order valence-electron chi connectivity index (χ2n) is 10.0. The van der Waals surface area contributed by atoms with Crippen LogP contribution in [0.5, 0.6) is 0 Å². The fourth-order valence-corrected chi connectivity index (χ4v) is 5.01. The van der Waals surface area contributed by atoms with Crippen LogP contribution in [0, 0.1) is 13.8 Å².